The van der Waals surface area contributed by atoms with Crippen LogP contribution in [0.5, 0.6) is 0 Å². The highest BCUT2D eigenvalue weighted by Crippen LogP contribution is 2.09. The normalized spacial score (nSPS) is 10.1. The third-order valence-electron chi connectivity index (χ3n) is 1.90. The molecule has 0 bridgehead atoms. The third kappa shape index (κ3) is 3.77. The first-order valence-corrected chi connectivity index (χ1v) is 4.95. The number of nitrogens with one attached hydrogen (secondary N) is 2. The van der Waals surface area contributed by atoms with E-state index in [-0.39, 0.29) is 0 Å². The molecule has 1 aromatic carbocycles. The Kier molecular flexibility index (Phi) is 5.04. The van der Waals surface area contributed by atoms with Crippen LogP contribution < -0.4 is 10.8 Å². The van der Waals surface area contributed by atoms with Gasteiger partial charge in [-0.15, -0.1) is 0 Å². The molecule has 78 valence electrons. The van der Waals surface area contributed by atoms with Gasteiger partial charge < -0.3 is 5.32 Å². The molecule has 0 saturated carbocycles. The van der Waals surface area contributed by atoms with Gasteiger partial charge in [0.25, 0.3) is 0 Å². The van der Waals surface area contributed by atoms with E-state index in [4.69, 9.17) is 4.84 Å². The van der Waals surface area contributed by atoms with E-state index in [9.17, 15) is 0 Å². The first-order valence-electron chi connectivity index (χ1n) is 4.95. The molecule has 0 aliphatic rings. The van der Waals surface area contributed by atoms with Crippen LogP contribution in [-0.2, 0) is 11.4 Å². The largest absolute Gasteiger partial charge is 0.313 e. The van der Waals surface area contributed by atoms with Crippen LogP contribution in [0.15, 0.2) is 24.3 Å². The van der Waals surface area contributed by atoms with Crippen LogP contribution in [0.3, 0.4) is 0 Å². The van der Waals surface area contributed by atoms with Crippen LogP contribution in [-0.4, -0.2) is 13.7 Å². The van der Waals surface area contributed by atoms with Crippen molar-refractivity contribution in [3.63, 3.8) is 0 Å². The maximum absolute atomic E-state index is 4.84. The summed E-state index contributed by atoms with van der Waals surface area (Å²) in [5.41, 5.74) is 5.06. The fourth-order valence-electron chi connectivity index (χ4n) is 1.27. The van der Waals surface area contributed by atoms with Crippen molar-refractivity contribution in [3.8, 4) is 0 Å². The Morgan fingerprint density at radius 1 is 1.36 bits per heavy atom. The Labute approximate surface area is 85.4 Å². The second-order valence-corrected chi connectivity index (χ2v) is 3.18. The van der Waals surface area contributed by atoms with Crippen LogP contribution in [0.25, 0.3) is 0 Å². The molecule has 0 atom stereocenters. The lowest BCUT2D eigenvalue weighted by Gasteiger charge is -2.06. The van der Waals surface area contributed by atoms with Crippen LogP contribution in [0.1, 0.15) is 18.9 Å². The summed E-state index contributed by atoms with van der Waals surface area (Å²) >= 11 is 0. The Hall–Kier alpha value is -1.06. The van der Waals surface area contributed by atoms with Gasteiger partial charge in [0, 0.05) is 6.54 Å². The molecule has 0 fully saturated rings. The van der Waals surface area contributed by atoms with Crippen molar-refractivity contribution >= 4 is 5.69 Å². The number of rotatable bonds is 6. The van der Waals surface area contributed by atoms with E-state index in [2.05, 4.69) is 29.9 Å². The molecule has 0 spiro atoms. The topological polar surface area (TPSA) is 33.3 Å². The zero-order chi connectivity index (χ0) is 10.2. The summed E-state index contributed by atoms with van der Waals surface area (Å²) in [6, 6.07) is 8.17. The van der Waals surface area contributed by atoms with E-state index in [1.165, 1.54) is 5.56 Å². The number of benzene rings is 1. The summed E-state index contributed by atoms with van der Waals surface area (Å²) in [4.78, 5) is 4.84. The summed E-state index contributed by atoms with van der Waals surface area (Å²) in [6.45, 7) is 4.13. The Morgan fingerprint density at radius 3 is 2.93 bits per heavy atom. The summed E-state index contributed by atoms with van der Waals surface area (Å²) in [5.74, 6) is 0. The summed E-state index contributed by atoms with van der Waals surface area (Å²) in [7, 11) is 1.61. The van der Waals surface area contributed by atoms with E-state index >= 15 is 0 Å². The average molecular weight is 194 g/mol. The minimum Gasteiger partial charge on any atom is -0.313 e. The minimum absolute atomic E-state index is 0.910. The van der Waals surface area contributed by atoms with Gasteiger partial charge in [-0.05, 0) is 30.7 Å². The standard InChI is InChI=1S/C11H18N2O/c1-3-7-12-9-10-5-4-6-11(8-10)13-14-2/h4-6,8,12-13H,3,7,9H2,1-2H3. The summed E-state index contributed by atoms with van der Waals surface area (Å²) in [5, 5.41) is 3.35. The van der Waals surface area contributed by atoms with E-state index in [0.29, 0.717) is 0 Å². The Morgan fingerprint density at radius 2 is 2.21 bits per heavy atom. The van der Waals surface area contributed by atoms with Gasteiger partial charge in [0.1, 0.15) is 0 Å². The summed E-state index contributed by atoms with van der Waals surface area (Å²) in [6.07, 6.45) is 1.16. The predicted octanol–water partition coefficient (Wildman–Crippen LogP) is 2.16. The molecule has 0 radical (unpaired) electrons. The maximum atomic E-state index is 4.84. The SMILES string of the molecule is CCCNCc1cccc(NOC)c1. The predicted molar refractivity (Wildman–Crippen MR) is 59.1 cm³/mol. The molecule has 3 nitrogen and oxygen atoms in total. The van der Waals surface area contributed by atoms with Gasteiger partial charge in [0.05, 0.1) is 12.8 Å². The molecule has 3 heteroatoms. The first kappa shape index (κ1) is 11.0. The fraction of sp³-hybridized carbons (Fsp3) is 0.455. The smallest absolute Gasteiger partial charge is 0.0636 e. The highest BCUT2D eigenvalue weighted by atomic mass is 16.6. The van der Waals surface area contributed by atoms with Crippen molar-refractivity contribution in [2.24, 2.45) is 0 Å². The van der Waals surface area contributed by atoms with Gasteiger partial charge in [0.2, 0.25) is 0 Å². The molecule has 14 heavy (non-hydrogen) atoms. The van der Waals surface area contributed by atoms with Crippen molar-refractivity contribution in [2.75, 3.05) is 19.1 Å². The lowest BCUT2D eigenvalue weighted by atomic mass is 10.2. The Bertz CT molecular complexity index is 263. The molecule has 0 heterocycles. The second-order valence-electron chi connectivity index (χ2n) is 3.18. The van der Waals surface area contributed by atoms with Gasteiger partial charge in [-0.1, -0.05) is 19.1 Å². The molecule has 0 aliphatic heterocycles. The van der Waals surface area contributed by atoms with Crippen molar-refractivity contribution in [1.82, 2.24) is 5.32 Å². The first-order chi connectivity index (χ1) is 6.86. The maximum Gasteiger partial charge on any atom is 0.0636 e. The van der Waals surface area contributed by atoms with Gasteiger partial charge in [-0.25, -0.2) is 0 Å². The highest BCUT2D eigenvalue weighted by molar-refractivity contribution is 5.43. The number of hydrogen-bond acceptors (Lipinski definition) is 3. The average Bonchev–Trinajstić information content (AvgIpc) is 2.19. The van der Waals surface area contributed by atoms with Crippen LogP contribution in [0.2, 0.25) is 0 Å². The van der Waals surface area contributed by atoms with E-state index in [1.807, 2.05) is 12.1 Å². The minimum atomic E-state index is 0.910. The number of hydrogen-bond donors (Lipinski definition) is 2. The molecule has 0 unspecified atom stereocenters. The Balaban J connectivity index is 2.46. The van der Waals surface area contributed by atoms with Crippen LogP contribution >= 0.6 is 0 Å². The molecular weight excluding hydrogens is 176 g/mol. The molecule has 2 N–H and O–H groups in total. The van der Waals surface area contributed by atoms with Crippen LogP contribution in [0, 0.1) is 0 Å². The van der Waals surface area contributed by atoms with Crippen molar-refractivity contribution in [1.29, 1.82) is 0 Å². The monoisotopic (exact) mass is 194 g/mol. The zero-order valence-electron chi connectivity index (χ0n) is 8.84. The third-order valence-corrected chi connectivity index (χ3v) is 1.90. The van der Waals surface area contributed by atoms with Gasteiger partial charge >= 0.3 is 0 Å². The molecule has 0 amide bonds. The lowest BCUT2D eigenvalue weighted by Crippen LogP contribution is -2.13. The molecule has 0 aliphatic carbocycles. The number of anilines is 1. The van der Waals surface area contributed by atoms with Crippen molar-refractivity contribution in [2.45, 2.75) is 19.9 Å². The van der Waals surface area contributed by atoms with Crippen LogP contribution in [0.4, 0.5) is 5.69 Å². The molecule has 0 saturated heterocycles. The molecule has 1 aromatic rings. The van der Waals surface area contributed by atoms with Crippen molar-refractivity contribution < 1.29 is 4.84 Å². The molecule has 1 rings (SSSR count). The lowest BCUT2D eigenvalue weighted by molar-refractivity contribution is 0.271. The quantitative estimate of drug-likeness (QED) is 0.538. The van der Waals surface area contributed by atoms with E-state index in [1.54, 1.807) is 7.11 Å². The van der Waals surface area contributed by atoms with Gasteiger partial charge in [-0.3, -0.25) is 10.3 Å². The second kappa shape index (κ2) is 6.40. The summed E-state index contributed by atoms with van der Waals surface area (Å²) < 4.78 is 0. The molecule has 0 aromatic heterocycles. The van der Waals surface area contributed by atoms with Crippen molar-refractivity contribution in [3.05, 3.63) is 29.8 Å². The molecular formula is C11H18N2O. The highest BCUT2D eigenvalue weighted by Gasteiger charge is 1.94. The van der Waals surface area contributed by atoms with Gasteiger partial charge in [-0.2, -0.15) is 0 Å². The van der Waals surface area contributed by atoms with E-state index in [0.717, 1.165) is 25.2 Å². The van der Waals surface area contributed by atoms with Gasteiger partial charge in [0.15, 0.2) is 0 Å². The fourth-order valence-corrected chi connectivity index (χ4v) is 1.27. The zero-order valence-corrected chi connectivity index (χ0v) is 8.84. The van der Waals surface area contributed by atoms with E-state index < -0.39 is 0 Å².